The number of nitrogens with one attached hydrogen (secondary N) is 1. The largest absolute Gasteiger partial charge is 0.349 e. The van der Waals surface area contributed by atoms with E-state index < -0.39 is 0 Å². The molecule has 3 heterocycles. The molecule has 0 spiro atoms. The number of piperazine rings is 1. The van der Waals surface area contributed by atoms with Gasteiger partial charge in [0, 0.05) is 50.8 Å². The first-order valence-electron chi connectivity index (χ1n) is 8.75. The van der Waals surface area contributed by atoms with Crippen LogP contribution >= 0.6 is 0 Å². The molecule has 1 atom stereocenters. The van der Waals surface area contributed by atoms with E-state index in [2.05, 4.69) is 38.1 Å². The monoisotopic (exact) mass is 339 g/mol. The molecule has 1 aliphatic heterocycles. The molecular formula is C19H25N5O. The molecule has 6 nitrogen and oxygen atoms in total. The molecule has 1 fully saturated rings. The van der Waals surface area contributed by atoms with Gasteiger partial charge in [-0.05, 0) is 30.7 Å². The fourth-order valence-corrected chi connectivity index (χ4v) is 3.09. The molecule has 6 heteroatoms. The fourth-order valence-electron chi connectivity index (χ4n) is 3.09. The van der Waals surface area contributed by atoms with Gasteiger partial charge in [0.2, 0.25) is 5.91 Å². The highest BCUT2D eigenvalue weighted by molar-refractivity contribution is 5.77. The Hall–Kier alpha value is -2.31. The van der Waals surface area contributed by atoms with Gasteiger partial charge in [-0.1, -0.05) is 12.1 Å². The molecule has 1 N–H and O–H groups in total. The number of pyridine rings is 2. The Morgan fingerprint density at radius 3 is 2.68 bits per heavy atom. The summed E-state index contributed by atoms with van der Waals surface area (Å²) in [4.78, 5) is 25.2. The first-order valence-corrected chi connectivity index (χ1v) is 8.75. The molecule has 132 valence electrons. The zero-order valence-electron chi connectivity index (χ0n) is 14.6. The quantitative estimate of drug-likeness (QED) is 0.864. The maximum atomic E-state index is 12.1. The van der Waals surface area contributed by atoms with Crippen molar-refractivity contribution >= 4 is 5.91 Å². The van der Waals surface area contributed by atoms with Crippen molar-refractivity contribution in [3.63, 3.8) is 0 Å². The van der Waals surface area contributed by atoms with Crippen LogP contribution in [0.1, 0.15) is 24.2 Å². The molecule has 0 unspecified atom stereocenters. The molecule has 2 aromatic rings. The van der Waals surface area contributed by atoms with E-state index in [1.54, 1.807) is 12.4 Å². The van der Waals surface area contributed by atoms with Crippen LogP contribution in [0.5, 0.6) is 0 Å². The predicted molar refractivity (Wildman–Crippen MR) is 96.7 cm³/mol. The van der Waals surface area contributed by atoms with Crippen LogP contribution in [0.3, 0.4) is 0 Å². The summed E-state index contributed by atoms with van der Waals surface area (Å²) in [6, 6.07) is 10.2. The van der Waals surface area contributed by atoms with Gasteiger partial charge in [0.05, 0.1) is 18.8 Å². The molecule has 0 aromatic carbocycles. The molecule has 1 amide bonds. The number of nitrogens with zero attached hydrogens (tertiary/aromatic N) is 4. The number of carbonyl (C=O) groups is 1. The second-order valence-corrected chi connectivity index (χ2v) is 6.37. The topological polar surface area (TPSA) is 61.4 Å². The van der Waals surface area contributed by atoms with Gasteiger partial charge in [-0.2, -0.15) is 0 Å². The van der Waals surface area contributed by atoms with Crippen LogP contribution in [0.25, 0.3) is 0 Å². The van der Waals surface area contributed by atoms with Crippen molar-refractivity contribution < 1.29 is 4.79 Å². The summed E-state index contributed by atoms with van der Waals surface area (Å²) in [5.74, 6) is 0.0550. The van der Waals surface area contributed by atoms with E-state index >= 15 is 0 Å². The minimum absolute atomic E-state index is 0.0550. The first-order chi connectivity index (χ1) is 12.2. The van der Waals surface area contributed by atoms with Crippen LogP contribution < -0.4 is 5.32 Å². The van der Waals surface area contributed by atoms with Crippen molar-refractivity contribution in [2.45, 2.75) is 19.5 Å². The molecule has 1 saturated heterocycles. The van der Waals surface area contributed by atoms with Gasteiger partial charge in [0.1, 0.15) is 0 Å². The van der Waals surface area contributed by atoms with Crippen LogP contribution in [0.15, 0.2) is 48.9 Å². The van der Waals surface area contributed by atoms with Gasteiger partial charge in [-0.25, -0.2) is 0 Å². The lowest BCUT2D eigenvalue weighted by Gasteiger charge is -2.37. The lowest BCUT2D eigenvalue weighted by molar-refractivity contribution is -0.122. The Labute approximate surface area is 148 Å². The van der Waals surface area contributed by atoms with Crippen LogP contribution in [0, 0.1) is 0 Å². The lowest BCUT2D eigenvalue weighted by Crippen LogP contribution is -2.49. The summed E-state index contributed by atoms with van der Waals surface area (Å²) >= 11 is 0. The number of carbonyl (C=O) groups excluding carboxylic acids is 1. The van der Waals surface area contributed by atoms with Gasteiger partial charge in [-0.3, -0.25) is 24.6 Å². The van der Waals surface area contributed by atoms with E-state index in [4.69, 9.17) is 0 Å². The molecule has 25 heavy (non-hydrogen) atoms. The van der Waals surface area contributed by atoms with Gasteiger partial charge in [0.25, 0.3) is 0 Å². The zero-order chi connectivity index (χ0) is 17.5. The predicted octanol–water partition coefficient (Wildman–Crippen LogP) is 1.47. The average molecular weight is 339 g/mol. The van der Waals surface area contributed by atoms with E-state index in [-0.39, 0.29) is 5.91 Å². The smallest absolute Gasteiger partial charge is 0.234 e. The molecule has 2 aromatic heterocycles. The van der Waals surface area contributed by atoms with Gasteiger partial charge in [0.15, 0.2) is 0 Å². The third-order valence-electron chi connectivity index (χ3n) is 4.68. The molecular weight excluding hydrogens is 314 g/mol. The van der Waals surface area contributed by atoms with Crippen LogP contribution in [0.2, 0.25) is 0 Å². The molecule has 0 radical (unpaired) electrons. The molecule has 0 saturated carbocycles. The first kappa shape index (κ1) is 17.5. The van der Waals surface area contributed by atoms with Crippen molar-refractivity contribution in [2.24, 2.45) is 0 Å². The number of hydrogen-bond donors (Lipinski definition) is 1. The van der Waals surface area contributed by atoms with Crippen molar-refractivity contribution in [2.75, 3.05) is 32.7 Å². The summed E-state index contributed by atoms with van der Waals surface area (Å²) < 4.78 is 0. The van der Waals surface area contributed by atoms with Crippen molar-refractivity contribution in [3.05, 3.63) is 60.2 Å². The van der Waals surface area contributed by atoms with Gasteiger partial charge >= 0.3 is 0 Å². The number of hydrogen-bond acceptors (Lipinski definition) is 5. The van der Waals surface area contributed by atoms with Crippen LogP contribution in [-0.4, -0.2) is 58.4 Å². The van der Waals surface area contributed by atoms with E-state index in [1.165, 1.54) is 5.56 Å². The van der Waals surface area contributed by atoms with Crippen molar-refractivity contribution in [3.8, 4) is 0 Å². The van der Waals surface area contributed by atoms with Crippen molar-refractivity contribution in [1.82, 2.24) is 25.1 Å². The summed E-state index contributed by atoms with van der Waals surface area (Å²) in [5, 5.41) is 2.94. The molecule has 3 rings (SSSR count). The summed E-state index contributed by atoms with van der Waals surface area (Å²) in [7, 11) is 0. The summed E-state index contributed by atoms with van der Waals surface area (Å²) in [6.07, 6.45) is 5.48. The Morgan fingerprint density at radius 2 is 2.00 bits per heavy atom. The molecule has 1 aliphatic rings. The Kier molecular flexibility index (Phi) is 6.09. The minimum Gasteiger partial charge on any atom is -0.349 e. The SMILES string of the molecule is C[C@@H](c1cccnc1)N1CCN(CC(=O)NCc2ccccn2)CC1. The fraction of sp³-hybridized carbons (Fsp3) is 0.421. The third-order valence-corrected chi connectivity index (χ3v) is 4.68. The summed E-state index contributed by atoms with van der Waals surface area (Å²) in [5.41, 5.74) is 2.12. The van der Waals surface area contributed by atoms with E-state index in [9.17, 15) is 4.79 Å². The Balaban J connectivity index is 1.41. The standard InChI is InChI=1S/C19H25N5O/c1-16(17-5-4-7-20-13-17)24-11-9-23(10-12-24)15-19(25)22-14-18-6-2-3-8-21-18/h2-8,13,16H,9-12,14-15H2,1H3,(H,22,25)/t16-/m0/s1. The van der Waals surface area contributed by atoms with E-state index in [0.717, 1.165) is 31.9 Å². The summed E-state index contributed by atoms with van der Waals surface area (Å²) in [6.45, 7) is 6.88. The highest BCUT2D eigenvalue weighted by Gasteiger charge is 2.23. The number of aromatic nitrogens is 2. The number of rotatable bonds is 6. The second-order valence-electron chi connectivity index (χ2n) is 6.37. The second kappa shape index (κ2) is 8.69. The van der Waals surface area contributed by atoms with E-state index in [0.29, 0.717) is 19.1 Å². The van der Waals surface area contributed by atoms with Crippen LogP contribution in [0.4, 0.5) is 0 Å². The normalized spacial score (nSPS) is 17.2. The maximum absolute atomic E-state index is 12.1. The van der Waals surface area contributed by atoms with Crippen molar-refractivity contribution in [1.29, 1.82) is 0 Å². The molecule has 0 aliphatic carbocycles. The lowest BCUT2D eigenvalue weighted by atomic mass is 10.1. The zero-order valence-corrected chi connectivity index (χ0v) is 14.6. The van der Waals surface area contributed by atoms with Gasteiger partial charge < -0.3 is 5.32 Å². The minimum atomic E-state index is 0.0550. The average Bonchev–Trinajstić information content (AvgIpc) is 2.68. The highest BCUT2D eigenvalue weighted by atomic mass is 16.2. The Morgan fingerprint density at radius 1 is 1.16 bits per heavy atom. The third kappa shape index (κ3) is 5.08. The van der Waals surface area contributed by atoms with E-state index in [1.807, 2.05) is 30.5 Å². The van der Waals surface area contributed by atoms with Gasteiger partial charge in [-0.15, -0.1) is 0 Å². The van der Waals surface area contributed by atoms with Crippen LogP contribution in [-0.2, 0) is 11.3 Å². The number of amides is 1. The highest BCUT2D eigenvalue weighted by Crippen LogP contribution is 2.20. The maximum Gasteiger partial charge on any atom is 0.234 e. The Bertz CT molecular complexity index is 656. The molecule has 0 bridgehead atoms.